The molecule has 6 heteroatoms. The minimum Gasteiger partial charge on any atom is -0.489 e. The molecule has 0 aromatic heterocycles. The lowest BCUT2D eigenvalue weighted by molar-refractivity contribution is -0.120. The molecule has 152 valence electrons. The predicted octanol–water partition coefficient (Wildman–Crippen LogP) is 3.45. The molecule has 2 N–H and O–H groups in total. The molecular weight excluding hydrogens is 378 g/mol. The van der Waals surface area contributed by atoms with E-state index in [0.717, 1.165) is 22.4 Å². The minimum atomic E-state index is -0.408. The highest BCUT2D eigenvalue weighted by Gasteiger charge is 2.07. The van der Waals surface area contributed by atoms with Crippen molar-refractivity contribution in [2.24, 2.45) is 5.10 Å². The molecule has 3 aromatic carbocycles. The van der Waals surface area contributed by atoms with Crippen molar-refractivity contribution < 1.29 is 14.3 Å². The molecule has 30 heavy (non-hydrogen) atoms. The van der Waals surface area contributed by atoms with Crippen LogP contribution in [0, 0.1) is 6.92 Å². The van der Waals surface area contributed by atoms with Crippen LogP contribution < -0.4 is 15.5 Å². The average Bonchev–Trinajstić information content (AvgIpc) is 2.78. The highest BCUT2D eigenvalue weighted by atomic mass is 16.5. The van der Waals surface area contributed by atoms with E-state index in [1.54, 1.807) is 12.1 Å². The van der Waals surface area contributed by atoms with Crippen molar-refractivity contribution in [2.75, 3.05) is 6.54 Å². The first-order valence-corrected chi connectivity index (χ1v) is 9.54. The maximum absolute atomic E-state index is 12.0. The summed E-state index contributed by atoms with van der Waals surface area (Å²) in [5.41, 5.74) is 5.87. The first kappa shape index (κ1) is 20.8. The van der Waals surface area contributed by atoms with Crippen molar-refractivity contribution >= 4 is 18.0 Å². The summed E-state index contributed by atoms with van der Waals surface area (Å²) in [4.78, 5) is 23.8. The number of hydrogen-bond donors (Lipinski definition) is 2. The zero-order valence-electron chi connectivity index (χ0n) is 16.7. The third kappa shape index (κ3) is 6.60. The van der Waals surface area contributed by atoms with Crippen LogP contribution in [0.4, 0.5) is 0 Å². The topological polar surface area (TPSA) is 79.8 Å². The summed E-state index contributed by atoms with van der Waals surface area (Å²) in [7, 11) is 0. The molecule has 0 aliphatic heterocycles. The first-order valence-electron chi connectivity index (χ1n) is 9.54. The van der Waals surface area contributed by atoms with Crippen LogP contribution in [0.5, 0.6) is 5.75 Å². The van der Waals surface area contributed by atoms with Gasteiger partial charge in [0.05, 0.1) is 12.8 Å². The van der Waals surface area contributed by atoms with Crippen LogP contribution in [0.2, 0.25) is 0 Å². The van der Waals surface area contributed by atoms with E-state index in [1.807, 2.05) is 73.7 Å². The molecule has 6 nitrogen and oxygen atoms in total. The number of hydrazone groups is 1. The number of nitrogens with zero attached hydrogens (tertiary/aromatic N) is 1. The Kier molecular flexibility index (Phi) is 7.33. The van der Waals surface area contributed by atoms with Gasteiger partial charge in [-0.1, -0.05) is 48.0 Å². The lowest BCUT2D eigenvalue weighted by atomic mass is 10.1. The van der Waals surface area contributed by atoms with Gasteiger partial charge in [0.2, 0.25) is 0 Å². The van der Waals surface area contributed by atoms with E-state index in [1.165, 1.54) is 6.21 Å². The van der Waals surface area contributed by atoms with E-state index in [2.05, 4.69) is 15.8 Å². The number of ether oxygens (including phenoxy) is 1. The van der Waals surface area contributed by atoms with Crippen molar-refractivity contribution in [1.29, 1.82) is 0 Å². The zero-order valence-corrected chi connectivity index (χ0v) is 16.7. The summed E-state index contributed by atoms with van der Waals surface area (Å²) >= 11 is 0. The van der Waals surface area contributed by atoms with Gasteiger partial charge in [0.1, 0.15) is 12.4 Å². The number of nitrogens with one attached hydrogen (secondary N) is 2. The molecule has 0 spiro atoms. The lowest BCUT2D eigenvalue weighted by Crippen LogP contribution is -2.34. The van der Waals surface area contributed by atoms with E-state index < -0.39 is 5.91 Å². The summed E-state index contributed by atoms with van der Waals surface area (Å²) in [5.74, 6) is 0.0357. The molecular formula is C24H23N3O3. The maximum Gasteiger partial charge on any atom is 0.259 e. The molecule has 2 amide bonds. The van der Waals surface area contributed by atoms with Crippen LogP contribution in [0.25, 0.3) is 0 Å². The van der Waals surface area contributed by atoms with Gasteiger partial charge in [-0.05, 0) is 54.4 Å². The number of rotatable bonds is 8. The largest absolute Gasteiger partial charge is 0.489 e. The van der Waals surface area contributed by atoms with Crippen LogP contribution in [0.15, 0.2) is 84.0 Å². The summed E-state index contributed by atoms with van der Waals surface area (Å²) < 4.78 is 5.73. The minimum absolute atomic E-state index is 0.156. The monoisotopic (exact) mass is 401 g/mol. The SMILES string of the molecule is Cc1ccc(C(=O)NCC(=O)NN=Cc2ccc(OCc3ccccc3)cc2)cc1. The van der Waals surface area contributed by atoms with Crippen molar-refractivity contribution in [3.63, 3.8) is 0 Å². The predicted molar refractivity (Wildman–Crippen MR) is 116 cm³/mol. The molecule has 0 radical (unpaired) electrons. The van der Waals surface area contributed by atoms with Gasteiger partial charge in [0.25, 0.3) is 11.8 Å². The van der Waals surface area contributed by atoms with Crippen LogP contribution in [0.1, 0.15) is 27.0 Å². The second kappa shape index (κ2) is 10.6. The van der Waals surface area contributed by atoms with Gasteiger partial charge in [-0.2, -0.15) is 5.10 Å². The summed E-state index contributed by atoms with van der Waals surface area (Å²) in [6, 6.07) is 24.4. The third-order valence-electron chi connectivity index (χ3n) is 4.25. The third-order valence-corrected chi connectivity index (χ3v) is 4.25. The molecule has 3 aromatic rings. The Labute approximate surface area is 175 Å². The molecule has 0 atom stereocenters. The van der Waals surface area contributed by atoms with E-state index in [4.69, 9.17) is 4.74 Å². The Hall–Kier alpha value is -3.93. The second-order valence-electron chi connectivity index (χ2n) is 6.69. The van der Waals surface area contributed by atoms with Gasteiger partial charge in [0.15, 0.2) is 0 Å². The standard InChI is InChI=1S/C24H23N3O3/c1-18-7-11-21(12-8-18)24(29)25-16-23(28)27-26-15-19-9-13-22(14-10-19)30-17-20-5-3-2-4-6-20/h2-15H,16-17H2,1H3,(H,25,29)(H,27,28). The normalized spacial score (nSPS) is 10.6. The van der Waals surface area contributed by atoms with Gasteiger partial charge in [0, 0.05) is 5.56 Å². The number of carbonyl (C=O) groups is 2. The Balaban J connectivity index is 1.40. The summed E-state index contributed by atoms with van der Waals surface area (Å²) in [6.07, 6.45) is 1.53. The Morgan fingerprint density at radius 2 is 1.63 bits per heavy atom. The smallest absolute Gasteiger partial charge is 0.259 e. The number of benzene rings is 3. The highest BCUT2D eigenvalue weighted by Crippen LogP contribution is 2.13. The van der Waals surface area contributed by atoms with Crippen molar-refractivity contribution in [3.8, 4) is 5.75 Å². The van der Waals surface area contributed by atoms with Gasteiger partial charge in [-0.15, -0.1) is 0 Å². The second-order valence-corrected chi connectivity index (χ2v) is 6.69. The van der Waals surface area contributed by atoms with E-state index in [-0.39, 0.29) is 12.5 Å². The first-order chi connectivity index (χ1) is 14.6. The zero-order chi connectivity index (χ0) is 21.2. The van der Waals surface area contributed by atoms with Crippen molar-refractivity contribution in [1.82, 2.24) is 10.7 Å². The van der Waals surface area contributed by atoms with Crippen LogP contribution in [0.3, 0.4) is 0 Å². The number of amides is 2. The maximum atomic E-state index is 12.0. The van der Waals surface area contributed by atoms with E-state index >= 15 is 0 Å². The summed E-state index contributed by atoms with van der Waals surface area (Å²) in [6.45, 7) is 2.29. The molecule has 0 bridgehead atoms. The Morgan fingerprint density at radius 3 is 2.33 bits per heavy atom. The molecule has 3 rings (SSSR count). The van der Waals surface area contributed by atoms with Crippen LogP contribution in [-0.2, 0) is 11.4 Å². The van der Waals surface area contributed by atoms with Gasteiger partial charge >= 0.3 is 0 Å². The van der Waals surface area contributed by atoms with Crippen molar-refractivity contribution in [3.05, 3.63) is 101 Å². The Morgan fingerprint density at radius 1 is 0.933 bits per heavy atom. The Bertz CT molecular complexity index is 998. The fourth-order valence-corrected chi connectivity index (χ4v) is 2.58. The number of hydrogen-bond acceptors (Lipinski definition) is 4. The van der Waals surface area contributed by atoms with Gasteiger partial charge in [-0.3, -0.25) is 9.59 Å². The average molecular weight is 401 g/mol. The van der Waals surface area contributed by atoms with Gasteiger partial charge in [-0.25, -0.2) is 5.43 Å². The number of carbonyl (C=O) groups excluding carboxylic acids is 2. The molecule has 0 unspecified atom stereocenters. The van der Waals surface area contributed by atoms with Crippen LogP contribution in [-0.4, -0.2) is 24.6 Å². The quantitative estimate of drug-likeness (QED) is 0.448. The molecule has 0 heterocycles. The molecule has 0 saturated carbocycles. The summed E-state index contributed by atoms with van der Waals surface area (Å²) in [5, 5.41) is 6.47. The highest BCUT2D eigenvalue weighted by molar-refractivity contribution is 5.96. The van der Waals surface area contributed by atoms with E-state index in [9.17, 15) is 9.59 Å². The fourth-order valence-electron chi connectivity index (χ4n) is 2.58. The molecule has 0 fully saturated rings. The van der Waals surface area contributed by atoms with Crippen molar-refractivity contribution in [2.45, 2.75) is 13.5 Å². The molecule has 0 saturated heterocycles. The number of aryl methyl sites for hydroxylation is 1. The molecule has 0 aliphatic rings. The van der Waals surface area contributed by atoms with E-state index in [0.29, 0.717) is 12.2 Å². The molecule has 0 aliphatic carbocycles. The fraction of sp³-hybridized carbons (Fsp3) is 0.125. The van der Waals surface area contributed by atoms with Gasteiger partial charge < -0.3 is 10.1 Å². The van der Waals surface area contributed by atoms with Crippen LogP contribution >= 0.6 is 0 Å². The lowest BCUT2D eigenvalue weighted by Gasteiger charge is -2.06.